The third-order valence-electron chi connectivity index (χ3n) is 3.95. The Morgan fingerprint density at radius 3 is 2.54 bits per heavy atom. The fourth-order valence-corrected chi connectivity index (χ4v) is 2.95. The Morgan fingerprint density at radius 2 is 1.79 bits per heavy atom. The van der Waals surface area contributed by atoms with E-state index in [9.17, 15) is 14.7 Å². The minimum absolute atomic E-state index is 0.285. The normalized spacial score (nSPS) is 11.2. The van der Waals surface area contributed by atoms with Gasteiger partial charge in [-0.2, -0.15) is 0 Å². The van der Waals surface area contributed by atoms with Crippen LogP contribution in [-0.2, 0) is 11.2 Å². The Kier molecular flexibility index (Phi) is 3.16. The number of rotatable bonds is 3. The number of benzene rings is 2. The number of hydrogen-bond donors (Lipinski definition) is 2. The molecular formula is C18H13N3O3. The van der Waals surface area contributed by atoms with Crippen LogP contribution in [0.5, 0.6) is 0 Å². The second-order valence-electron chi connectivity index (χ2n) is 5.48. The minimum atomic E-state index is -1.01. The standard InChI is InChI=1S/C18H13N3O3/c22-15(23)10-14-16(11-6-2-1-3-7-11)20-17-12-8-4-5-9-13(12)19-18(24)21(14)17/h1-9H,10H2,(H,19,24)(H,22,23). The molecule has 118 valence electrons. The number of hydrogen-bond acceptors (Lipinski definition) is 3. The molecule has 24 heavy (non-hydrogen) atoms. The molecule has 2 aromatic carbocycles. The van der Waals surface area contributed by atoms with Gasteiger partial charge in [0.25, 0.3) is 0 Å². The molecule has 0 aliphatic carbocycles. The first-order valence-corrected chi connectivity index (χ1v) is 7.45. The van der Waals surface area contributed by atoms with Crippen LogP contribution in [0, 0.1) is 0 Å². The van der Waals surface area contributed by atoms with E-state index in [2.05, 4.69) is 9.97 Å². The zero-order chi connectivity index (χ0) is 16.7. The van der Waals surface area contributed by atoms with Crippen molar-refractivity contribution in [2.45, 2.75) is 6.42 Å². The average Bonchev–Trinajstić information content (AvgIpc) is 2.95. The fourth-order valence-electron chi connectivity index (χ4n) is 2.95. The van der Waals surface area contributed by atoms with E-state index >= 15 is 0 Å². The summed E-state index contributed by atoms with van der Waals surface area (Å²) in [6.45, 7) is 0. The monoisotopic (exact) mass is 319 g/mol. The molecule has 2 aromatic heterocycles. The van der Waals surface area contributed by atoms with E-state index in [1.165, 1.54) is 4.40 Å². The molecule has 0 saturated heterocycles. The molecule has 0 saturated carbocycles. The smallest absolute Gasteiger partial charge is 0.332 e. The van der Waals surface area contributed by atoms with Gasteiger partial charge in [0.1, 0.15) is 0 Å². The summed E-state index contributed by atoms with van der Waals surface area (Å²) in [5.74, 6) is -1.01. The van der Waals surface area contributed by atoms with Crippen LogP contribution in [0.3, 0.4) is 0 Å². The Morgan fingerprint density at radius 1 is 1.08 bits per heavy atom. The maximum absolute atomic E-state index is 12.5. The Balaban J connectivity index is 2.16. The van der Waals surface area contributed by atoms with Crippen LogP contribution in [0.4, 0.5) is 0 Å². The lowest BCUT2D eigenvalue weighted by Crippen LogP contribution is -2.19. The number of nitrogens with zero attached hydrogens (tertiary/aromatic N) is 2. The SMILES string of the molecule is O=C(O)Cc1c(-c2ccccc2)nc2c3ccccc3[nH]c(=O)n12. The van der Waals surface area contributed by atoms with Crippen molar-refractivity contribution in [3.8, 4) is 11.3 Å². The van der Waals surface area contributed by atoms with Gasteiger partial charge < -0.3 is 10.1 Å². The number of para-hydroxylation sites is 1. The number of aromatic nitrogens is 3. The van der Waals surface area contributed by atoms with Crippen molar-refractivity contribution in [3.05, 3.63) is 70.8 Å². The molecule has 0 fully saturated rings. The van der Waals surface area contributed by atoms with Crippen LogP contribution in [-0.4, -0.2) is 25.4 Å². The number of H-pyrrole nitrogens is 1. The third-order valence-corrected chi connectivity index (χ3v) is 3.95. The molecule has 0 unspecified atom stereocenters. The van der Waals surface area contributed by atoms with Crippen LogP contribution in [0.25, 0.3) is 27.8 Å². The summed E-state index contributed by atoms with van der Waals surface area (Å²) in [6.07, 6.45) is -0.285. The Bertz CT molecular complexity index is 1130. The molecule has 2 heterocycles. The van der Waals surface area contributed by atoms with Crippen molar-refractivity contribution < 1.29 is 9.90 Å². The van der Waals surface area contributed by atoms with E-state index in [-0.39, 0.29) is 6.42 Å². The molecule has 0 amide bonds. The molecule has 4 aromatic rings. The summed E-state index contributed by atoms with van der Waals surface area (Å²) >= 11 is 0. The fraction of sp³-hybridized carbons (Fsp3) is 0.0556. The van der Waals surface area contributed by atoms with Crippen molar-refractivity contribution in [3.63, 3.8) is 0 Å². The molecule has 6 heteroatoms. The number of imidazole rings is 1. The van der Waals surface area contributed by atoms with Gasteiger partial charge in [-0.25, -0.2) is 14.2 Å². The van der Waals surface area contributed by atoms with Crippen molar-refractivity contribution in [1.82, 2.24) is 14.4 Å². The van der Waals surface area contributed by atoms with Gasteiger partial charge in [0.2, 0.25) is 0 Å². The van der Waals surface area contributed by atoms with Crippen molar-refractivity contribution >= 4 is 22.5 Å². The summed E-state index contributed by atoms with van der Waals surface area (Å²) in [5.41, 5.74) is 2.40. The topological polar surface area (TPSA) is 87.5 Å². The van der Waals surface area contributed by atoms with Crippen LogP contribution < -0.4 is 5.69 Å². The molecule has 6 nitrogen and oxygen atoms in total. The van der Waals surface area contributed by atoms with E-state index in [0.717, 1.165) is 10.9 Å². The molecule has 2 N–H and O–H groups in total. The third kappa shape index (κ3) is 2.16. The van der Waals surface area contributed by atoms with Gasteiger partial charge in [0, 0.05) is 10.9 Å². The first-order chi connectivity index (χ1) is 11.6. The van der Waals surface area contributed by atoms with Gasteiger partial charge in [-0.15, -0.1) is 0 Å². The highest BCUT2D eigenvalue weighted by molar-refractivity contribution is 5.93. The average molecular weight is 319 g/mol. The second kappa shape index (κ2) is 5.34. The van der Waals surface area contributed by atoms with Gasteiger partial charge in [-0.3, -0.25) is 4.79 Å². The van der Waals surface area contributed by atoms with Crippen LogP contribution in [0.1, 0.15) is 5.69 Å². The van der Waals surface area contributed by atoms with E-state index < -0.39 is 11.7 Å². The van der Waals surface area contributed by atoms with E-state index in [4.69, 9.17) is 0 Å². The molecular weight excluding hydrogens is 306 g/mol. The number of nitrogens with one attached hydrogen (secondary N) is 1. The van der Waals surface area contributed by atoms with Crippen LogP contribution in [0.2, 0.25) is 0 Å². The summed E-state index contributed by atoms with van der Waals surface area (Å²) in [6, 6.07) is 16.6. The largest absolute Gasteiger partial charge is 0.481 e. The summed E-state index contributed by atoms with van der Waals surface area (Å²) < 4.78 is 1.36. The number of fused-ring (bicyclic) bond motifs is 3. The Hall–Kier alpha value is -3.41. The van der Waals surface area contributed by atoms with Crippen molar-refractivity contribution in [2.75, 3.05) is 0 Å². The highest BCUT2D eigenvalue weighted by Gasteiger charge is 2.20. The minimum Gasteiger partial charge on any atom is -0.481 e. The summed E-state index contributed by atoms with van der Waals surface area (Å²) in [5, 5.41) is 10.0. The predicted octanol–water partition coefficient (Wildman–Crippen LogP) is 2.47. The molecule has 0 aliphatic rings. The number of carbonyl (C=O) groups is 1. The molecule has 0 aliphatic heterocycles. The first-order valence-electron chi connectivity index (χ1n) is 7.45. The molecule has 4 rings (SSSR count). The van der Waals surface area contributed by atoms with Crippen LogP contribution >= 0.6 is 0 Å². The lowest BCUT2D eigenvalue weighted by molar-refractivity contribution is -0.136. The number of carboxylic acids is 1. The predicted molar refractivity (Wildman–Crippen MR) is 90.1 cm³/mol. The summed E-state index contributed by atoms with van der Waals surface area (Å²) in [7, 11) is 0. The molecule has 0 radical (unpaired) electrons. The Labute approximate surface area is 136 Å². The lowest BCUT2D eigenvalue weighted by atomic mass is 10.1. The zero-order valence-corrected chi connectivity index (χ0v) is 12.6. The van der Waals surface area contributed by atoms with Gasteiger partial charge in [-0.05, 0) is 12.1 Å². The molecule has 0 spiro atoms. The van der Waals surface area contributed by atoms with Gasteiger partial charge in [0.15, 0.2) is 5.65 Å². The molecule has 0 bridgehead atoms. The summed E-state index contributed by atoms with van der Waals surface area (Å²) in [4.78, 5) is 31.2. The van der Waals surface area contributed by atoms with Crippen molar-refractivity contribution in [1.29, 1.82) is 0 Å². The number of aliphatic carboxylic acids is 1. The van der Waals surface area contributed by atoms with E-state index in [1.54, 1.807) is 6.07 Å². The second-order valence-corrected chi connectivity index (χ2v) is 5.48. The van der Waals surface area contributed by atoms with Gasteiger partial charge in [0.05, 0.1) is 23.3 Å². The zero-order valence-electron chi connectivity index (χ0n) is 12.6. The van der Waals surface area contributed by atoms with E-state index in [0.29, 0.717) is 22.6 Å². The maximum atomic E-state index is 12.5. The quantitative estimate of drug-likeness (QED) is 0.607. The van der Waals surface area contributed by atoms with E-state index in [1.807, 2.05) is 48.5 Å². The van der Waals surface area contributed by atoms with Crippen LogP contribution in [0.15, 0.2) is 59.4 Å². The van der Waals surface area contributed by atoms with Crippen molar-refractivity contribution in [2.24, 2.45) is 0 Å². The first kappa shape index (κ1) is 14.2. The lowest BCUT2D eigenvalue weighted by Gasteiger charge is -2.03. The molecule has 0 atom stereocenters. The highest BCUT2D eigenvalue weighted by Crippen LogP contribution is 2.26. The highest BCUT2D eigenvalue weighted by atomic mass is 16.4. The number of carboxylic acid groups (broad SMARTS) is 1. The number of aromatic amines is 1. The van der Waals surface area contributed by atoms with Gasteiger partial charge >= 0.3 is 11.7 Å². The van der Waals surface area contributed by atoms with Gasteiger partial charge in [-0.1, -0.05) is 42.5 Å². The maximum Gasteiger partial charge on any atom is 0.332 e.